The molecule has 1 aliphatic rings. The van der Waals surface area contributed by atoms with Crippen molar-refractivity contribution >= 4 is 22.6 Å². The number of aromatic nitrogens is 2. The van der Waals surface area contributed by atoms with E-state index in [2.05, 4.69) is 21.4 Å². The van der Waals surface area contributed by atoms with E-state index in [1.165, 1.54) is 5.56 Å². The number of benzene rings is 2. The molecule has 1 aromatic heterocycles. The largest absolute Gasteiger partial charge is 0.338 e. The van der Waals surface area contributed by atoms with Gasteiger partial charge in [-0.3, -0.25) is 4.79 Å². The summed E-state index contributed by atoms with van der Waals surface area (Å²) < 4.78 is 0. The molecular weight excluding hydrogens is 250 g/mol. The van der Waals surface area contributed by atoms with Gasteiger partial charge in [-0.2, -0.15) is 0 Å². The number of carbonyl (C=O) groups excluding carboxylic acids is 1. The first-order chi connectivity index (χ1) is 9.79. The van der Waals surface area contributed by atoms with Gasteiger partial charge in [0.1, 0.15) is 5.82 Å². The van der Waals surface area contributed by atoms with Crippen molar-refractivity contribution in [3.8, 4) is 11.4 Å². The molecule has 0 aliphatic carbocycles. The van der Waals surface area contributed by atoms with E-state index in [9.17, 15) is 4.79 Å². The summed E-state index contributed by atoms with van der Waals surface area (Å²) in [6.45, 7) is 0. The summed E-state index contributed by atoms with van der Waals surface area (Å²) in [5.74, 6) is 0.958. The van der Waals surface area contributed by atoms with Gasteiger partial charge in [0, 0.05) is 17.7 Å². The fraction of sp³-hybridized carbons (Fsp3) is 0.125. The Hall–Kier alpha value is -2.62. The maximum absolute atomic E-state index is 11.4. The molecule has 0 fully saturated rings. The van der Waals surface area contributed by atoms with Crippen LogP contribution >= 0.6 is 0 Å². The molecule has 20 heavy (non-hydrogen) atoms. The van der Waals surface area contributed by atoms with Crippen molar-refractivity contribution < 1.29 is 4.79 Å². The van der Waals surface area contributed by atoms with Gasteiger partial charge in [0.2, 0.25) is 5.91 Å². The van der Waals surface area contributed by atoms with Gasteiger partial charge in [-0.15, -0.1) is 0 Å². The Kier molecular flexibility index (Phi) is 2.36. The number of fused-ring (bicyclic) bond motifs is 2. The number of rotatable bonds is 1. The Balaban J connectivity index is 1.80. The van der Waals surface area contributed by atoms with Gasteiger partial charge in [0.15, 0.2) is 0 Å². The summed E-state index contributed by atoms with van der Waals surface area (Å²) in [7, 11) is 0. The van der Waals surface area contributed by atoms with Crippen LogP contribution in [0.4, 0.5) is 5.69 Å². The fourth-order valence-corrected chi connectivity index (χ4v) is 2.62. The van der Waals surface area contributed by atoms with Crippen LogP contribution < -0.4 is 5.32 Å². The monoisotopic (exact) mass is 263 g/mol. The van der Waals surface area contributed by atoms with Crippen LogP contribution in [0.2, 0.25) is 0 Å². The number of hydrogen-bond acceptors (Lipinski definition) is 2. The predicted octanol–water partition coefficient (Wildman–Crippen LogP) is 3.11. The normalized spacial score (nSPS) is 14.1. The molecule has 4 rings (SSSR count). The Morgan fingerprint density at radius 3 is 2.85 bits per heavy atom. The van der Waals surface area contributed by atoms with Crippen molar-refractivity contribution in [2.75, 3.05) is 5.32 Å². The van der Waals surface area contributed by atoms with Crippen LogP contribution in [-0.4, -0.2) is 15.9 Å². The highest BCUT2D eigenvalue weighted by molar-refractivity contribution is 5.94. The first-order valence-corrected chi connectivity index (χ1v) is 6.67. The third-order valence-corrected chi connectivity index (χ3v) is 3.66. The molecule has 98 valence electrons. The summed E-state index contributed by atoms with van der Waals surface area (Å²) in [5, 5.41) is 2.90. The molecule has 1 aliphatic heterocycles. The zero-order chi connectivity index (χ0) is 13.5. The van der Waals surface area contributed by atoms with Gasteiger partial charge >= 0.3 is 0 Å². The molecular formula is C16H13N3O. The summed E-state index contributed by atoms with van der Waals surface area (Å²) in [6.07, 6.45) is 1.34. The average Bonchev–Trinajstić information content (AvgIpc) is 2.90. The molecule has 0 saturated carbocycles. The Morgan fingerprint density at radius 1 is 1.05 bits per heavy atom. The SMILES string of the molecule is O=C1CCc2cc(-c3nc4ccccc4[nH]3)ccc2N1. The van der Waals surface area contributed by atoms with E-state index in [0.29, 0.717) is 6.42 Å². The minimum atomic E-state index is 0.0917. The summed E-state index contributed by atoms with van der Waals surface area (Å²) in [4.78, 5) is 19.3. The first-order valence-electron chi connectivity index (χ1n) is 6.67. The Bertz CT molecular complexity index is 786. The molecule has 0 radical (unpaired) electrons. The zero-order valence-electron chi connectivity index (χ0n) is 10.8. The van der Waals surface area contributed by atoms with Gasteiger partial charge in [0.25, 0.3) is 0 Å². The fourth-order valence-electron chi connectivity index (χ4n) is 2.62. The molecule has 1 amide bonds. The lowest BCUT2D eigenvalue weighted by atomic mass is 10.0. The first kappa shape index (κ1) is 11.2. The molecule has 3 aromatic rings. The third-order valence-electron chi connectivity index (χ3n) is 3.66. The molecule has 0 spiro atoms. The topological polar surface area (TPSA) is 57.8 Å². The smallest absolute Gasteiger partial charge is 0.224 e. The number of aromatic amines is 1. The summed E-state index contributed by atoms with van der Waals surface area (Å²) in [6, 6.07) is 14.0. The van der Waals surface area contributed by atoms with Crippen molar-refractivity contribution in [2.45, 2.75) is 12.8 Å². The van der Waals surface area contributed by atoms with Crippen molar-refractivity contribution in [1.29, 1.82) is 0 Å². The molecule has 0 unspecified atom stereocenters. The highest BCUT2D eigenvalue weighted by atomic mass is 16.1. The second-order valence-corrected chi connectivity index (χ2v) is 5.02. The van der Waals surface area contributed by atoms with E-state index in [-0.39, 0.29) is 5.91 Å². The number of imidazole rings is 1. The van der Waals surface area contributed by atoms with Crippen LogP contribution in [0.3, 0.4) is 0 Å². The Morgan fingerprint density at radius 2 is 1.95 bits per heavy atom. The number of nitrogens with one attached hydrogen (secondary N) is 2. The second kappa shape index (κ2) is 4.20. The lowest BCUT2D eigenvalue weighted by molar-refractivity contribution is -0.116. The standard InChI is InChI=1S/C16H13N3O/c20-15-8-6-10-9-11(5-7-12(10)17-15)16-18-13-3-1-2-4-14(13)19-16/h1-5,7,9H,6,8H2,(H,17,20)(H,18,19). The van der Waals surface area contributed by atoms with E-state index in [1.54, 1.807) is 0 Å². The van der Waals surface area contributed by atoms with Crippen molar-refractivity contribution in [3.63, 3.8) is 0 Å². The quantitative estimate of drug-likeness (QED) is 0.708. The van der Waals surface area contributed by atoms with Crippen LogP contribution in [0.15, 0.2) is 42.5 Å². The molecule has 4 nitrogen and oxygen atoms in total. The molecule has 2 aromatic carbocycles. The van der Waals surface area contributed by atoms with E-state index < -0.39 is 0 Å². The number of hydrogen-bond donors (Lipinski definition) is 2. The molecule has 4 heteroatoms. The number of H-pyrrole nitrogens is 1. The number of amides is 1. The second-order valence-electron chi connectivity index (χ2n) is 5.02. The van der Waals surface area contributed by atoms with E-state index in [0.717, 1.165) is 34.5 Å². The molecule has 2 N–H and O–H groups in total. The molecule has 0 bridgehead atoms. The average molecular weight is 263 g/mol. The van der Waals surface area contributed by atoms with Crippen LogP contribution in [0.5, 0.6) is 0 Å². The lowest BCUT2D eigenvalue weighted by Gasteiger charge is -2.17. The van der Waals surface area contributed by atoms with Crippen LogP contribution in [0.1, 0.15) is 12.0 Å². The van der Waals surface area contributed by atoms with Crippen LogP contribution in [0.25, 0.3) is 22.4 Å². The number of nitrogens with zero attached hydrogens (tertiary/aromatic N) is 1. The number of aryl methyl sites for hydroxylation is 1. The lowest BCUT2D eigenvalue weighted by Crippen LogP contribution is -2.18. The minimum Gasteiger partial charge on any atom is -0.338 e. The zero-order valence-corrected chi connectivity index (χ0v) is 10.8. The maximum Gasteiger partial charge on any atom is 0.224 e. The third kappa shape index (κ3) is 1.77. The van der Waals surface area contributed by atoms with Gasteiger partial charge in [-0.25, -0.2) is 4.98 Å². The van der Waals surface area contributed by atoms with Crippen molar-refractivity contribution in [2.24, 2.45) is 0 Å². The summed E-state index contributed by atoms with van der Waals surface area (Å²) >= 11 is 0. The maximum atomic E-state index is 11.4. The minimum absolute atomic E-state index is 0.0917. The van der Waals surface area contributed by atoms with Crippen LogP contribution in [-0.2, 0) is 11.2 Å². The molecule has 0 saturated heterocycles. The summed E-state index contributed by atoms with van der Waals surface area (Å²) in [5.41, 5.74) is 5.14. The van der Waals surface area contributed by atoms with Gasteiger partial charge in [0.05, 0.1) is 11.0 Å². The van der Waals surface area contributed by atoms with Gasteiger partial charge in [-0.05, 0) is 42.3 Å². The van der Waals surface area contributed by atoms with Crippen molar-refractivity contribution in [1.82, 2.24) is 9.97 Å². The predicted molar refractivity (Wildman–Crippen MR) is 78.5 cm³/mol. The van der Waals surface area contributed by atoms with Crippen LogP contribution in [0, 0.1) is 0 Å². The molecule has 0 atom stereocenters. The highest BCUT2D eigenvalue weighted by Crippen LogP contribution is 2.28. The number of para-hydroxylation sites is 2. The van der Waals surface area contributed by atoms with E-state index in [4.69, 9.17) is 0 Å². The number of anilines is 1. The van der Waals surface area contributed by atoms with E-state index >= 15 is 0 Å². The van der Waals surface area contributed by atoms with Crippen molar-refractivity contribution in [3.05, 3.63) is 48.0 Å². The van der Waals surface area contributed by atoms with Gasteiger partial charge < -0.3 is 10.3 Å². The number of carbonyl (C=O) groups is 1. The van der Waals surface area contributed by atoms with E-state index in [1.807, 2.05) is 36.4 Å². The Labute approximate surface area is 115 Å². The molecule has 2 heterocycles. The van der Waals surface area contributed by atoms with Gasteiger partial charge in [-0.1, -0.05) is 12.1 Å². The highest BCUT2D eigenvalue weighted by Gasteiger charge is 2.15.